The van der Waals surface area contributed by atoms with Crippen molar-refractivity contribution >= 4 is 48.9 Å². The normalized spacial score (nSPS) is 11.5. The van der Waals surface area contributed by atoms with Crippen molar-refractivity contribution in [3.05, 3.63) is 64.6 Å². The number of benzene rings is 2. The van der Waals surface area contributed by atoms with Crippen molar-refractivity contribution in [1.29, 1.82) is 0 Å². The molecule has 0 atom stereocenters. The van der Waals surface area contributed by atoms with Crippen molar-refractivity contribution in [3.8, 4) is 10.6 Å². The third-order valence-corrected chi connectivity index (χ3v) is 6.90. The van der Waals surface area contributed by atoms with Crippen molar-refractivity contribution in [3.63, 3.8) is 0 Å². The molecule has 1 amide bonds. The minimum atomic E-state index is -3.73. The number of rotatable bonds is 6. The first-order valence-corrected chi connectivity index (χ1v) is 11.0. The molecule has 9 heteroatoms. The van der Waals surface area contributed by atoms with Crippen LogP contribution in [-0.4, -0.2) is 37.2 Å². The number of likely N-dealkylation sites (N-methyl/N-ethyl adjacent to an activating group) is 1. The van der Waals surface area contributed by atoms with Crippen LogP contribution >= 0.6 is 27.3 Å². The molecule has 2 aromatic carbocycles. The molecule has 0 aliphatic heterocycles. The maximum absolute atomic E-state index is 12.5. The van der Waals surface area contributed by atoms with Gasteiger partial charge in [0.15, 0.2) is 0 Å². The number of amides is 1. The van der Waals surface area contributed by atoms with E-state index in [1.807, 2.05) is 17.5 Å². The van der Waals surface area contributed by atoms with Crippen molar-refractivity contribution in [2.75, 3.05) is 18.9 Å². The molecule has 0 unspecified atom stereocenters. The largest absolute Gasteiger partial charge is 0.325 e. The first kappa shape index (κ1) is 19.7. The second-order valence-electron chi connectivity index (χ2n) is 5.68. The Morgan fingerprint density at radius 1 is 1.15 bits per heavy atom. The minimum Gasteiger partial charge on any atom is -0.325 e. The molecule has 0 saturated heterocycles. The van der Waals surface area contributed by atoms with Crippen molar-refractivity contribution in [2.45, 2.75) is 4.90 Å². The van der Waals surface area contributed by atoms with E-state index in [0.717, 1.165) is 19.3 Å². The lowest BCUT2D eigenvalue weighted by Gasteiger charge is -2.17. The van der Waals surface area contributed by atoms with Crippen LogP contribution in [0.5, 0.6) is 0 Å². The minimum absolute atomic E-state index is 0.133. The van der Waals surface area contributed by atoms with Gasteiger partial charge in [0.25, 0.3) is 0 Å². The molecular formula is C18H16BrN3O3S2. The Balaban J connectivity index is 1.64. The zero-order chi connectivity index (χ0) is 19.4. The van der Waals surface area contributed by atoms with Gasteiger partial charge in [0.2, 0.25) is 15.9 Å². The fourth-order valence-electron chi connectivity index (χ4n) is 2.34. The van der Waals surface area contributed by atoms with Crippen molar-refractivity contribution in [2.24, 2.45) is 0 Å². The number of aromatic nitrogens is 1. The van der Waals surface area contributed by atoms with Crippen LogP contribution in [0.15, 0.2) is 69.5 Å². The molecule has 6 nitrogen and oxygen atoms in total. The Labute approximate surface area is 170 Å². The van der Waals surface area contributed by atoms with Crippen LogP contribution in [0.3, 0.4) is 0 Å². The standard InChI is InChI=1S/C18H16BrN3O3S2/c1-22(27(24,25)16-8-4-14(19)5-9-16)12-17(23)21-15-6-2-13(3-7-15)18-20-10-11-26-18/h2-11H,12H2,1H3,(H,21,23). The fourth-order valence-corrected chi connectivity index (χ4v) is 4.37. The smallest absolute Gasteiger partial charge is 0.243 e. The van der Waals surface area contributed by atoms with E-state index in [4.69, 9.17) is 0 Å². The van der Waals surface area contributed by atoms with E-state index in [9.17, 15) is 13.2 Å². The number of sulfonamides is 1. The number of carbonyl (C=O) groups excluding carboxylic acids is 1. The molecule has 0 spiro atoms. The monoisotopic (exact) mass is 465 g/mol. The molecule has 3 rings (SSSR count). The second-order valence-corrected chi connectivity index (χ2v) is 9.53. The number of thiazole rings is 1. The van der Waals surface area contributed by atoms with Gasteiger partial charge < -0.3 is 5.32 Å². The number of anilines is 1. The van der Waals surface area contributed by atoms with Gasteiger partial charge in [-0.2, -0.15) is 4.31 Å². The Hall–Kier alpha value is -2.07. The lowest BCUT2D eigenvalue weighted by atomic mass is 10.2. The summed E-state index contributed by atoms with van der Waals surface area (Å²) in [4.78, 5) is 16.6. The van der Waals surface area contributed by atoms with E-state index in [0.29, 0.717) is 5.69 Å². The zero-order valence-corrected chi connectivity index (χ0v) is 17.5. The first-order valence-electron chi connectivity index (χ1n) is 7.88. The molecule has 0 saturated carbocycles. The van der Waals surface area contributed by atoms with Crippen LogP contribution in [0.1, 0.15) is 0 Å². The number of hydrogen-bond donors (Lipinski definition) is 1. The summed E-state index contributed by atoms with van der Waals surface area (Å²) in [5.74, 6) is -0.416. The number of hydrogen-bond acceptors (Lipinski definition) is 5. The fraction of sp³-hybridized carbons (Fsp3) is 0.111. The Morgan fingerprint density at radius 2 is 1.81 bits per heavy atom. The summed E-state index contributed by atoms with van der Waals surface area (Å²) in [6, 6.07) is 13.5. The average Bonchev–Trinajstić information content (AvgIpc) is 3.17. The first-order chi connectivity index (χ1) is 12.9. The van der Waals surface area contributed by atoms with Gasteiger partial charge in [0.1, 0.15) is 5.01 Å². The summed E-state index contributed by atoms with van der Waals surface area (Å²) in [5.41, 5.74) is 1.55. The number of carbonyl (C=O) groups is 1. The predicted octanol–water partition coefficient (Wildman–Crippen LogP) is 3.83. The van der Waals surface area contributed by atoms with Crippen LogP contribution < -0.4 is 5.32 Å². The Bertz CT molecular complexity index is 1020. The SMILES string of the molecule is CN(CC(=O)Nc1ccc(-c2nccs2)cc1)S(=O)(=O)c1ccc(Br)cc1. The molecular weight excluding hydrogens is 450 g/mol. The highest BCUT2D eigenvalue weighted by molar-refractivity contribution is 9.10. The molecule has 1 N–H and O–H groups in total. The van der Waals surface area contributed by atoms with Crippen LogP contribution in [0.4, 0.5) is 5.69 Å². The van der Waals surface area contributed by atoms with Crippen LogP contribution in [0.2, 0.25) is 0 Å². The molecule has 1 aromatic heterocycles. The molecule has 140 valence electrons. The highest BCUT2D eigenvalue weighted by Crippen LogP contribution is 2.23. The predicted molar refractivity (Wildman–Crippen MR) is 110 cm³/mol. The maximum Gasteiger partial charge on any atom is 0.243 e. The summed E-state index contributed by atoms with van der Waals surface area (Å²) < 4.78 is 26.9. The van der Waals surface area contributed by atoms with Gasteiger partial charge in [0.05, 0.1) is 11.4 Å². The van der Waals surface area contributed by atoms with Gasteiger partial charge in [-0.25, -0.2) is 13.4 Å². The molecule has 3 aromatic rings. The molecule has 1 heterocycles. The molecule has 0 aliphatic carbocycles. The molecule has 27 heavy (non-hydrogen) atoms. The lowest BCUT2D eigenvalue weighted by Crippen LogP contribution is -2.34. The van der Waals surface area contributed by atoms with E-state index in [1.165, 1.54) is 30.5 Å². The zero-order valence-electron chi connectivity index (χ0n) is 14.3. The van der Waals surface area contributed by atoms with E-state index in [-0.39, 0.29) is 11.4 Å². The van der Waals surface area contributed by atoms with Gasteiger partial charge in [-0.05, 0) is 48.5 Å². The molecule has 0 radical (unpaired) electrons. The third-order valence-electron chi connectivity index (χ3n) is 3.74. The summed E-state index contributed by atoms with van der Waals surface area (Å²) in [6.45, 7) is -0.285. The Morgan fingerprint density at radius 3 is 2.41 bits per heavy atom. The third kappa shape index (κ3) is 4.81. The number of nitrogens with zero attached hydrogens (tertiary/aromatic N) is 2. The van der Waals surface area contributed by atoms with Gasteiger partial charge in [-0.3, -0.25) is 4.79 Å². The summed E-state index contributed by atoms with van der Waals surface area (Å²) in [5, 5.41) is 5.50. The molecule has 0 fully saturated rings. The average molecular weight is 466 g/mol. The highest BCUT2D eigenvalue weighted by atomic mass is 79.9. The van der Waals surface area contributed by atoms with Crippen LogP contribution in [0.25, 0.3) is 10.6 Å². The van der Waals surface area contributed by atoms with Crippen molar-refractivity contribution in [1.82, 2.24) is 9.29 Å². The van der Waals surface area contributed by atoms with E-state index >= 15 is 0 Å². The lowest BCUT2D eigenvalue weighted by molar-refractivity contribution is -0.116. The highest BCUT2D eigenvalue weighted by Gasteiger charge is 2.22. The molecule has 0 aliphatic rings. The van der Waals surface area contributed by atoms with Gasteiger partial charge in [0, 0.05) is 34.3 Å². The summed E-state index contributed by atoms with van der Waals surface area (Å²) >= 11 is 4.80. The van der Waals surface area contributed by atoms with E-state index < -0.39 is 15.9 Å². The van der Waals surface area contributed by atoms with E-state index in [1.54, 1.807) is 30.5 Å². The van der Waals surface area contributed by atoms with Gasteiger partial charge >= 0.3 is 0 Å². The number of nitrogens with one attached hydrogen (secondary N) is 1. The quantitative estimate of drug-likeness (QED) is 0.599. The van der Waals surface area contributed by atoms with E-state index in [2.05, 4.69) is 26.2 Å². The topological polar surface area (TPSA) is 79.4 Å². The van der Waals surface area contributed by atoms with Crippen LogP contribution in [0, 0.1) is 0 Å². The van der Waals surface area contributed by atoms with Crippen molar-refractivity contribution < 1.29 is 13.2 Å². The molecule has 0 bridgehead atoms. The van der Waals surface area contributed by atoms with Crippen LogP contribution in [-0.2, 0) is 14.8 Å². The summed E-state index contributed by atoms with van der Waals surface area (Å²) in [6.07, 6.45) is 1.73. The second kappa shape index (κ2) is 8.30. The Kier molecular flexibility index (Phi) is 6.05. The summed E-state index contributed by atoms with van der Waals surface area (Å²) in [7, 11) is -2.36. The van der Waals surface area contributed by atoms with Gasteiger partial charge in [-0.15, -0.1) is 11.3 Å². The number of halogens is 1. The maximum atomic E-state index is 12.5. The van der Waals surface area contributed by atoms with Gasteiger partial charge in [-0.1, -0.05) is 15.9 Å².